The first-order chi connectivity index (χ1) is 7.61. The Balaban J connectivity index is 2.18. The van der Waals surface area contributed by atoms with Crippen LogP contribution in [0.5, 0.6) is 0 Å². The van der Waals surface area contributed by atoms with E-state index in [2.05, 4.69) is 0 Å². The van der Waals surface area contributed by atoms with Gasteiger partial charge < -0.3 is 5.11 Å². The first-order valence-corrected chi connectivity index (χ1v) is 6.39. The van der Waals surface area contributed by atoms with Gasteiger partial charge in [-0.05, 0) is 18.6 Å². The minimum Gasteiger partial charge on any atom is -0.481 e. The van der Waals surface area contributed by atoms with E-state index in [4.69, 9.17) is 5.11 Å². The van der Waals surface area contributed by atoms with E-state index in [1.807, 2.05) is 0 Å². The zero-order valence-corrected chi connectivity index (χ0v) is 9.79. The van der Waals surface area contributed by atoms with Gasteiger partial charge in [0.25, 0.3) is 0 Å². The predicted octanol–water partition coefficient (Wildman–Crippen LogP) is 1.08. The van der Waals surface area contributed by atoms with Crippen LogP contribution in [0.3, 0.4) is 0 Å². The summed E-state index contributed by atoms with van der Waals surface area (Å²) in [5.41, 5.74) is 0. The van der Waals surface area contributed by atoms with Crippen LogP contribution in [0.2, 0.25) is 0 Å². The number of likely N-dealkylation sites (tertiary alicyclic amines) is 1. The summed E-state index contributed by atoms with van der Waals surface area (Å²) in [7, 11) is 0. The van der Waals surface area contributed by atoms with E-state index in [-0.39, 0.29) is 18.2 Å². The SMILES string of the molecule is O=C(O)CCCSCN1C(=O)CCCC1=O. The molecule has 1 fully saturated rings. The van der Waals surface area contributed by atoms with Gasteiger partial charge in [-0.2, -0.15) is 0 Å². The zero-order chi connectivity index (χ0) is 12.0. The lowest BCUT2D eigenvalue weighted by Crippen LogP contribution is -2.39. The van der Waals surface area contributed by atoms with Gasteiger partial charge in [-0.15, -0.1) is 11.8 Å². The molecule has 1 aliphatic heterocycles. The van der Waals surface area contributed by atoms with Crippen molar-refractivity contribution in [1.82, 2.24) is 4.90 Å². The van der Waals surface area contributed by atoms with E-state index < -0.39 is 5.97 Å². The molecule has 6 heteroatoms. The van der Waals surface area contributed by atoms with Crippen molar-refractivity contribution in [3.63, 3.8) is 0 Å². The fourth-order valence-corrected chi connectivity index (χ4v) is 2.37. The third kappa shape index (κ3) is 4.22. The van der Waals surface area contributed by atoms with Crippen LogP contribution in [0, 0.1) is 0 Å². The fraction of sp³-hybridized carbons (Fsp3) is 0.700. The van der Waals surface area contributed by atoms with Crippen LogP contribution in [-0.2, 0) is 14.4 Å². The van der Waals surface area contributed by atoms with Crippen molar-refractivity contribution in [2.45, 2.75) is 32.1 Å². The highest BCUT2D eigenvalue weighted by molar-refractivity contribution is 7.99. The summed E-state index contributed by atoms with van der Waals surface area (Å²) in [6.07, 6.45) is 2.24. The van der Waals surface area contributed by atoms with Gasteiger partial charge in [0.05, 0.1) is 5.88 Å². The topological polar surface area (TPSA) is 74.7 Å². The van der Waals surface area contributed by atoms with Crippen molar-refractivity contribution in [2.24, 2.45) is 0 Å². The minimum atomic E-state index is -0.814. The van der Waals surface area contributed by atoms with Crippen molar-refractivity contribution >= 4 is 29.5 Å². The maximum atomic E-state index is 11.4. The number of carbonyl (C=O) groups is 3. The number of nitrogens with zero attached hydrogens (tertiary/aromatic N) is 1. The number of imide groups is 1. The number of carboxylic acid groups (broad SMARTS) is 1. The summed E-state index contributed by atoms with van der Waals surface area (Å²) in [6, 6.07) is 0. The Bertz CT molecular complexity index is 277. The van der Waals surface area contributed by atoms with Crippen LogP contribution < -0.4 is 0 Å². The number of carboxylic acids is 1. The number of amides is 2. The third-order valence-corrected chi connectivity index (χ3v) is 3.30. The van der Waals surface area contributed by atoms with Crippen LogP contribution in [-0.4, -0.2) is 39.4 Å². The Labute approximate surface area is 98.2 Å². The summed E-state index contributed by atoms with van der Waals surface area (Å²) in [5.74, 6) is -0.0182. The molecule has 1 N–H and O–H groups in total. The number of thioether (sulfide) groups is 1. The van der Waals surface area contributed by atoms with E-state index >= 15 is 0 Å². The molecule has 5 nitrogen and oxygen atoms in total. The number of aliphatic carboxylic acids is 1. The van der Waals surface area contributed by atoms with Gasteiger partial charge in [0.2, 0.25) is 11.8 Å². The predicted molar refractivity (Wildman–Crippen MR) is 59.9 cm³/mol. The van der Waals surface area contributed by atoms with E-state index in [1.54, 1.807) is 0 Å². The van der Waals surface area contributed by atoms with E-state index in [0.29, 0.717) is 37.3 Å². The molecule has 0 aromatic carbocycles. The maximum absolute atomic E-state index is 11.4. The molecule has 0 saturated carbocycles. The van der Waals surface area contributed by atoms with Crippen LogP contribution >= 0.6 is 11.8 Å². The lowest BCUT2D eigenvalue weighted by Gasteiger charge is -2.24. The van der Waals surface area contributed by atoms with Crippen LogP contribution in [0.15, 0.2) is 0 Å². The average Bonchev–Trinajstić information content (AvgIpc) is 2.21. The number of carbonyl (C=O) groups excluding carboxylic acids is 2. The molecule has 2 amide bonds. The number of rotatable bonds is 6. The van der Waals surface area contributed by atoms with Crippen molar-refractivity contribution < 1.29 is 19.5 Å². The number of hydrogen-bond acceptors (Lipinski definition) is 4. The Kier molecular flexibility index (Phi) is 5.31. The van der Waals surface area contributed by atoms with Gasteiger partial charge in [0.15, 0.2) is 0 Å². The first kappa shape index (κ1) is 13.0. The Morgan fingerprint density at radius 1 is 1.31 bits per heavy atom. The van der Waals surface area contributed by atoms with Crippen LogP contribution in [0.25, 0.3) is 0 Å². The Hall–Kier alpha value is -1.04. The summed E-state index contributed by atoms with van der Waals surface area (Å²) in [4.78, 5) is 34.3. The average molecular weight is 245 g/mol. The quantitative estimate of drug-likeness (QED) is 0.560. The lowest BCUT2D eigenvalue weighted by atomic mass is 10.1. The summed E-state index contributed by atoms with van der Waals surface area (Å²) >= 11 is 1.43. The maximum Gasteiger partial charge on any atom is 0.303 e. The molecule has 1 aliphatic rings. The second-order valence-corrected chi connectivity index (χ2v) is 4.68. The van der Waals surface area contributed by atoms with Gasteiger partial charge in [-0.1, -0.05) is 0 Å². The molecule has 1 heterocycles. The van der Waals surface area contributed by atoms with Crippen LogP contribution in [0.4, 0.5) is 0 Å². The van der Waals surface area contributed by atoms with E-state index in [0.717, 1.165) is 0 Å². The Morgan fingerprint density at radius 3 is 2.50 bits per heavy atom. The summed E-state index contributed by atoms with van der Waals surface area (Å²) in [6.45, 7) is 0. The third-order valence-electron chi connectivity index (χ3n) is 2.28. The van der Waals surface area contributed by atoms with Gasteiger partial charge in [-0.3, -0.25) is 19.3 Å². The molecule has 0 bridgehead atoms. The molecule has 16 heavy (non-hydrogen) atoms. The molecule has 0 aliphatic carbocycles. The van der Waals surface area contributed by atoms with Gasteiger partial charge in [0, 0.05) is 19.3 Å². The van der Waals surface area contributed by atoms with Gasteiger partial charge in [-0.25, -0.2) is 0 Å². The normalized spacial score (nSPS) is 16.6. The molecular weight excluding hydrogens is 230 g/mol. The zero-order valence-electron chi connectivity index (χ0n) is 8.98. The van der Waals surface area contributed by atoms with Crippen molar-refractivity contribution in [2.75, 3.05) is 11.6 Å². The number of hydrogen-bond donors (Lipinski definition) is 1. The summed E-state index contributed by atoms with van der Waals surface area (Å²) in [5, 5.41) is 8.42. The summed E-state index contributed by atoms with van der Waals surface area (Å²) < 4.78 is 0. The monoisotopic (exact) mass is 245 g/mol. The largest absolute Gasteiger partial charge is 0.481 e. The molecule has 0 spiro atoms. The molecule has 0 radical (unpaired) electrons. The fourth-order valence-electron chi connectivity index (χ4n) is 1.43. The second kappa shape index (κ2) is 6.52. The Morgan fingerprint density at radius 2 is 1.94 bits per heavy atom. The molecule has 0 unspecified atom stereocenters. The minimum absolute atomic E-state index is 0.109. The molecule has 1 saturated heterocycles. The van der Waals surface area contributed by atoms with Crippen molar-refractivity contribution in [1.29, 1.82) is 0 Å². The first-order valence-electron chi connectivity index (χ1n) is 5.24. The second-order valence-electron chi connectivity index (χ2n) is 3.60. The number of piperidine rings is 1. The van der Waals surface area contributed by atoms with Crippen molar-refractivity contribution in [3.8, 4) is 0 Å². The van der Waals surface area contributed by atoms with Gasteiger partial charge in [0.1, 0.15) is 0 Å². The molecule has 0 aromatic rings. The molecule has 1 rings (SSSR count). The van der Waals surface area contributed by atoms with Crippen molar-refractivity contribution in [3.05, 3.63) is 0 Å². The van der Waals surface area contributed by atoms with E-state index in [1.165, 1.54) is 16.7 Å². The van der Waals surface area contributed by atoms with Crippen LogP contribution in [0.1, 0.15) is 32.1 Å². The van der Waals surface area contributed by atoms with E-state index in [9.17, 15) is 14.4 Å². The molecule has 0 atom stereocenters. The molecule has 0 aromatic heterocycles. The smallest absolute Gasteiger partial charge is 0.303 e. The highest BCUT2D eigenvalue weighted by Gasteiger charge is 2.25. The molecule has 90 valence electrons. The highest BCUT2D eigenvalue weighted by atomic mass is 32.2. The standard InChI is InChI=1S/C10H15NO4S/c12-8-3-1-4-9(13)11(8)7-16-6-2-5-10(14)15/h1-7H2,(H,14,15). The van der Waals surface area contributed by atoms with Gasteiger partial charge >= 0.3 is 5.97 Å². The highest BCUT2D eigenvalue weighted by Crippen LogP contribution is 2.16. The lowest BCUT2D eigenvalue weighted by molar-refractivity contribution is -0.146. The molecular formula is C10H15NO4S.